The van der Waals surface area contributed by atoms with Crippen LogP contribution in [-0.2, 0) is 4.79 Å². The van der Waals surface area contributed by atoms with Crippen molar-refractivity contribution in [1.82, 2.24) is 20.0 Å². The van der Waals surface area contributed by atoms with Crippen molar-refractivity contribution < 1.29 is 13.9 Å². The summed E-state index contributed by atoms with van der Waals surface area (Å²) in [5, 5.41) is 3.38. The van der Waals surface area contributed by atoms with E-state index >= 15 is 0 Å². The first-order chi connectivity index (χ1) is 15.1. The number of para-hydroxylation sites is 1. The van der Waals surface area contributed by atoms with Gasteiger partial charge in [0.15, 0.2) is 17.5 Å². The van der Waals surface area contributed by atoms with Crippen LogP contribution in [0.15, 0.2) is 29.3 Å². The SMILES string of the molecule is CN=C(NCCN1CCN(C(=O)C2CCCC2)CC1)N(C)CCOc1ccccc1F.I. The van der Waals surface area contributed by atoms with Gasteiger partial charge in [0.1, 0.15) is 6.61 Å². The molecule has 1 saturated heterocycles. The molecule has 2 fully saturated rings. The first kappa shape index (κ1) is 26.6. The van der Waals surface area contributed by atoms with Gasteiger partial charge in [-0.2, -0.15) is 0 Å². The number of piperazine rings is 1. The first-order valence-corrected chi connectivity index (χ1v) is 11.4. The molecule has 1 saturated carbocycles. The molecule has 0 spiro atoms. The largest absolute Gasteiger partial charge is 0.489 e. The monoisotopic (exact) mass is 561 g/mol. The Bertz CT molecular complexity index is 737. The summed E-state index contributed by atoms with van der Waals surface area (Å²) in [6.07, 6.45) is 4.54. The van der Waals surface area contributed by atoms with Crippen LogP contribution in [-0.4, -0.2) is 93.1 Å². The summed E-state index contributed by atoms with van der Waals surface area (Å²) < 4.78 is 19.2. The molecule has 1 N–H and O–H groups in total. The number of carbonyl (C=O) groups excluding carboxylic acids is 1. The van der Waals surface area contributed by atoms with E-state index in [1.54, 1.807) is 25.2 Å². The van der Waals surface area contributed by atoms with Gasteiger partial charge in [0, 0.05) is 59.3 Å². The number of guanidine groups is 1. The third-order valence-electron chi connectivity index (χ3n) is 6.19. The van der Waals surface area contributed by atoms with Crippen molar-refractivity contribution in [2.75, 3.05) is 66.5 Å². The van der Waals surface area contributed by atoms with Crippen LogP contribution in [0.25, 0.3) is 0 Å². The van der Waals surface area contributed by atoms with Gasteiger partial charge in [-0.25, -0.2) is 4.39 Å². The minimum absolute atomic E-state index is 0. The maximum Gasteiger partial charge on any atom is 0.225 e. The minimum Gasteiger partial charge on any atom is -0.489 e. The predicted molar refractivity (Wildman–Crippen MR) is 136 cm³/mol. The smallest absolute Gasteiger partial charge is 0.225 e. The predicted octanol–water partition coefficient (Wildman–Crippen LogP) is 2.66. The van der Waals surface area contributed by atoms with Gasteiger partial charge in [0.05, 0.1) is 6.54 Å². The number of ether oxygens (including phenoxy) is 1. The van der Waals surface area contributed by atoms with Crippen molar-refractivity contribution in [2.45, 2.75) is 25.7 Å². The maximum absolute atomic E-state index is 13.6. The summed E-state index contributed by atoms with van der Waals surface area (Å²) >= 11 is 0. The van der Waals surface area contributed by atoms with Crippen LogP contribution in [0.1, 0.15) is 25.7 Å². The highest BCUT2D eigenvalue weighted by molar-refractivity contribution is 14.0. The van der Waals surface area contributed by atoms with Crippen LogP contribution in [0.5, 0.6) is 5.75 Å². The average Bonchev–Trinajstić information content (AvgIpc) is 3.33. The second kappa shape index (κ2) is 13.8. The minimum atomic E-state index is -0.349. The second-order valence-corrected chi connectivity index (χ2v) is 8.32. The Hall–Kier alpha value is -1.62. The molecule has 0 atom stereocenters. The van der Waals surface area contributed by atoms with E-state index in [4.69, 9.17) is 4.74 Å². The molecule has 0 aromatic heterocycles. The molecule has 1 aromatic carbocycles. The molecule has 1 aliphatic heterocycles. The number of rotatable bonds is 8. The van der Waals surface area contributed by atoms with E-state index in [-0.39, 0.29) is 41.5 Å². The third kappa shape index (κ3) is 7.75. The molecule has 32 heavy (non-hydrogen) atoms. The van der Waals surface area contributed by atoms with Crippen LogP contribution >= 0.6 is 24.0 Å². The Morgan fingerprint density at radius 3 is 2.56 bits per heavy atom. The lowest BCUT2D eigenvalue weighted by atomic mass is 10.1. The van der Waals surface area contributed by atoms with Crippen molar-refractivity contribution in [3.05, 3.63) is 30.1 Å². The summed E-state index contributed by atoms with van der Waals surface area (Å²) in [7, 11) is 3.69. The molecule has 0 unspecified atom stereocenters. The molecule has 1 heterocycles. The topological polar surface area (TPSA) is 60.4 Å². The van der Waals surface area contributed by atoms with E-state index in [1.807, 2.05) is 11.9 Å². The number of benzene rings is 1. The molecular weight excluding hydrogens is 524 g/mol. The third-order valence-corrected chi connectivity index (χ3v) is 6.19. The van der Waals surface area contributed by atoms with Crippen molar-refractivity contribution in [1.29, 1.82) is 0 Å². The molecule has 7 nitrogen and oxygen atoms in total. The number of hydrogen-bond acceptors (Lipinski definition) is 4. The van der Waals surface area contributed by atoms with E-state index in [2.05, 4.69) is 20.1 Å². The second-order valence-electron chi connectivity index (χ2n) is 8.32. The van der Waals surface area contributed by atoms with Gasteiger partial charge < -0.3 is 19.9 Å². The number of amides is 1. The molecule has 1 amide bonds. The van der Waals surface area contributed by atoms with E-state index in [1.165, 1.54) is 18.9 Å². The zero-order valence-corrected chi connectivity index (χ0v) is 21.6. The van der Waals surface area contributed by atoms with Gasteiger partial charge in [0.2, 0.25) is 5.91 Å². The van der Waals surface area contributed by atoms with E-state index in [9.17, 15) is 9.18 Å². The van der Waals surface area contributed by atoms with E-state index in [0.29, 0.717) is 19.1 Å². The Balaban J connectivity index is 0.00000363. The average molecular weight is 561 g/mol. The summed E-state index contributed by atoms with van der Waals surface area (Å²) in [6.45, 7) is 6.15. The number of nitrogens with zero attached hydrogens (tertiary/aromatic N) is 4. The molecule has 1 aromatic rings. The lowest BCUT2D eigenvalue weighted by Crippen LogP contribution is -2.52. The molecule has 2 aliphatic rings. The van der Waals surface area contributed by atoms with E-state index < -0.39 is 0 Å². The number of aliphatic imine (C=N–C) groups is 1. The molecule has 0 radical (unpaired) electrons. The summed E-state index contributed by atoms with van der Waals surface area (Å²) in [5.41, 5.74) is 0. The molecule has 9 heteroatoms. The van der Waals surface area contributed by atoms with Crippen molar-refractivity contribution >= 4 is 35.8 Å². The lowest BCUT2D eigenvalue weighted by Gasteiger charge is -2.36. The van der Waals surface area contributed by atoms with Crippen LogP contribution in [0, 0.1) is 11.7 Å². The Labute approximate surface area is 208 Å². The number of halogens is 2. The van der Waals surface area contributed by atoms with Gasteiger partial charge >= 0.3 is 0 Å². The quantitative estimate of drug-likeness (QED) is 0.301. The first-order valence-electron chi connectivity index (χ1n) is 11.4. The zero-order valence-electron chi connectivity index (χ0n) is 19.3. The van der Waals surface area contributed by atoms with E-state index in [0.717, 1.165) is 58.1 Å². The van der Waals surface area contributed by atoms with Crippen molar-refractivity contribution in [3.8, 4) is 5.75 Å². The zero-order chi connectivity index (χ0) is 22.1. The maximum atomic E-state index is 13.6. The number of likely N-dealkylation sites (N-methyl/N-ethyl adjacent to an activating group) is 1. The Morgan fingerprint density at radius 1 is 1.22 bits per heavy atom. The standard InChI is InChI=1S/C23H36FN5O2.HI/c1-25-23(27(2)17-18-31-21-10-6-5-9-20(21)24)26-11-12-28-13-15-29(16-14-28)22(30)19-7-3-4-8-19;/h5-6,9-10,19H,3-4,7-8,11-18H2,1-2H3,(H,25,26);1H. The van der Waals surface area contributed by atoms with Gasteiger partial charge in [-0.05, 0) is 25.0 Å². The van der Waals surface area contributed by atoms with Gasteiger partial charge in [-0.3, -0.25) is 14.7 Å². The molecule has 180 valence electrons. The summed E-state index contributed by atoms with van der Waals surface area (Å²) in [4.78, 5) is 23.3. The lowest BCUT2D eigenvalue weighted by molar-refractivity contribution is -0.137. The normalized spacial score (nSPS) is 17.7. The highest BCUT2D eigenvalue weighted by Gasteiger charge is 2.29. The number of hydrogen-bond donors (Lipinski definition) is 1. The molecule has 0 bridgehead atoms. The Morgan fingerprint density at radius 2 is 1.91 bits per heavy atom. The van der Waals surface area contributed by atoms with Crippen LogP contribution in [0.4, 0.5) is 4.39 Å². The number of carbonyl (C=O) groups is 1. The van der Waals surface area contributed by atoms with Crippen molar-refractivity contribution in [2.24, 2.45) is 10.9 Å². The van der Waals surface area contributed by atoms with Crippen LogP contribution < -0.4 is 10.1 Å². The van der Waals surface area contributed by atoms with Crippen molar-refractivity contribution in [3.63, 3.8) is 0 Å². The fourth-order valence-electron chi connectivity index (χ4n) is 4.29. The highest BCUT2D eigenvalue weighted by Crippen LogP contribution is 2.26. The number of nitrogens with one attached hydrogen (secondary N) is 1. The fourth-order valence-corrected chi connectivity index (χ4v) is 4.29. The summed E-state index contributed by atoms with van der Waals surface area (Å²) in [5.74, 6) is 1.35. The fraction of sp³-hybridized carbons (Fsp3) is 0.652. The van der Waals surface area contributed by atoms with Gasteiger partial charge in [-0.15, -0.1) is 24.0 Å². The van der Waals surface area contributed by atoms with Gasteiger partial charge in [-0.1, -0.05) is 25.0 Å². The molecular formula is C23H37FIN5O2. The van der Waals surface area contributed by atoms with Gasteiger partial charge in [0.25, 0.3) is 0 Å². The molecule has 3 rings (SSSR count). The Kier molecular flexibility index (Phi) is 11.5. The highest BCUT2D eigenvalue weighted by atomic mass is 127. The van der Waals surface area contributed by atoms with Crippen LogP contribution in [0.3, 0.4) is 0 Å². The van der Waals surface area contributed by atoms with Crippen LogP contribution in [0.2, 0.25) is 0 Å². The summed E-state index contributed by atoms with van der Waals surface area (Å²) in [6, 6.07) is 6.42. The molecule has 1 aliphatic carbocycles.